The number of benzene rings is 1. The average Bonchev–Trinajstić information content (AvgIpc) is 3.07. The predicted molar refractivity (Wildman–Crippen MR) is 86.7 cm³/mol. The van der Waals surface area contributed by atoms with Gasteiger partial charge < -0.3 is 0 Å². The smallest absolute Gasteiger partial charge is 0.228 e. The number of amides is 1. The van der Waals surface area contributed by atoms with Crippen molar-refractivity contribution in [3.8, 4) is 0 Å². The van der Waals surface area contributed by atoms with Gasteiger partial charge in [0.1, 0.15) is 5.82 Å². The summed E-state index contributed by atoms with van der Waals surface area (Å²) in [5.41, 5.74) is 1.14. The number of rotatable bonds is 4. The lowest BCUT2D eigenvalue weighted by Gasteiger charge is -2.18. The van der Waals surface area contributed by atoms with Crippen LogP contribution < -0.4 is 4.90 Å². The number of hydrogen-bond acceptors (Lipinski definition) is 2. The van der Waals surface area contributed by atoms with Gasteiger partial charge in [0.15, 0.2) is 0 Å². The first-order valence-corrected chi connectivity index (χ1v) is 8.12. The van der Waals surface area contributed by atoms with Crippen LogP contribution in [0.2, 0.25) is 0 Å². The Hall–Kier alpha value is -1.33. The van der Waals surface area contributed by atoms with Gasteiger partial charge in [-0.1, -0.05) is 28.1 Å². The van der Waals surface area contributed by atoms with Gasteiger partial charge in [-0.15, -0.1) is 11.6 Å². The molecule has 3 rings (SSSR count). The fourth-order valence-electron chi connectivity index (χ4n) is 2.55. The van der Waals surface area contributed by atoms with Crippen LogP contribution in [0.4, 0.5) is 5.82 Å². The molecule has 1 unspecified atom stereocenters. The summed E-state index contributed by atoms with van der Waals surface area (Å²) in [5, 5.41) is 4.34. The number of hydrogen-bond donors (Lipinski definition) is 0. The molecule has 0 bridgehead atoms. The predicted octanol–water partition coefficient (Wildman–Crippen LogP) is 3.29. The molecule has 1 fully saturated rings. The van der Waals surface area contributed by atoms with E-state index in [0.29, 0.717) is 25.4 Å². The van der Waals surface area contributed by atoms with E-state index in [0.717, 1.165) is 15.9 Å². The van der Waals surface area contributed by atoms with Crippen LogP contribution in [0.15, 0.2) is 41.0 Å². The van der Waals surface area contributed by atoms with Crippen molar-refractivity contribution in [3.63, 3.8) is 0 Å². The summed E-state index contributed by atoms with van der Waals surface area (Å²) in [6, 6.07) is 9.98. The molecular weight excluding hydrogens is 354 g/mol. The Balaban J connectivity index is 1.81. The van der Waals surface area contributed by atoms with E-state index in [4.69, 9.17) is 11.6 Å². The molecule has 2 aromatic rings. The van der Waals surface area contributed by atoms with Gasteiger partial charge in [0.05, 0.1) is 12.7 Å². The second kappa shape index (κ2) is 6.20. The largest absolute Gasteiger partial charge is 0.297 e. The summed E-state index contributed by atoms with van der Waals surface area (Å²) in [6.07, 6.45) is 2.25. The summed E-state index contributed by atoms with van der Waals surface area (Å²) in [4.78, 5) is 13.9. The highest BCUT2D eigenvalue weighted by Gasteiger charge is 2.31. The number of halogens is 2. The van der Waals surface area contributed by atoms with E-state index in [1.54, 1.807) is 11.1 Å². The Bertz CT molecular complexity index is 641. The second-order valence-electron chi connectivity index (χ2n) is 5.20. The van der Waals surface area contributed by atoms with E-state index in [-0.39, 0.29) is 11.8 Å². The zero-order chi connectivity index (χ0) is 14.8. The van der Waals surface area contributed by atoms with Crippen molar-refractivity contribution in [1.29, 1.82) is 0 Å². The van der Waals surface area contributed by atoms with E-state index in [9.17, 15) is 4.79 Å². The Morgan fingerprint density at radius 1 is 1.29 bits per heavy atom. The lowest BCUT2D eigenvalue weighted by Crippen LogP contribution is -2.27. The Labute approximate surface area is 136 Å². The molecule has 0 saturated carbocycles. The van der Waals surface area contributed by atoms with E-state index < -0.39 is 0 Å². The van der Waals surface area contributed by atoms with Gasteiger partial charge in [-0.05, 0) is 23.6 Å². The van der Waals surface area contributed by atoms with Gasteiger partial charge in [0.2, 0.25) is 5.91 Å². The minimum absolute atomic E-state index is 0.123. The van der Waals surface area contributed by atoms with Crippen LogP contribution in [-0.2, 0) is 11.3 Å². The zero-order valence-electron chi connectivity index (χ0n) is 11.4. The quantitative estimate of drug-likeness (QED) is 0.777. The van der Waals surface area contributed by atoms with Crippen LogP contribution in [0.25, 0.3) is 0 Å². The van der Waals surface area contributed by atoms with Crippen molar-refractivity contribution in [2.24, 2.45) is 5.92 Å². The number of nitrogens with zero attached hydrogens (tertiary/aromatic N) is 3. The maximum absolute atomic E-state index is 12.1. The molecule has 1 aromatic heterocycles. The molecule has 1 amide bonds. The first-order valence-electron chi connectivity index (χ1n) is 6.80. The van der Waals surface area contributed by atoms with Crippen LogP contribution in [0.3, 0.4) is 0 Å². The van der Waals surface area contributed by atoms with Gasteiger partial charge in [-0.2, -0.15) is 5.10 Å². The van der Waals surface area contributed by atoms with Crippen molar-refractivity contribution in [1.82, 2.24) is 9.78 Å². The third-order valence-corrected chi connectivity index (χ3v) is 4.60. The molecule has 1 aliphatic heterocycles. The summed E-state index contributed by atoms with van der Waals surface area (Å²) in [5.74, 6) is 1.72. The molecule has 0 radical (unpaired) electrons. The molecule has 0 spiro atoms. The Kier molecular flexibility index (Phi) is 4.31. The van der Waals surface area contributed by atoms with Gasteiger partial charge in [-0.3, -0.25) is 9.69 Å². The SMILES string of the molecule is O=C1CC(CCl)CN1c1ccnn1Cc1ccc(Br)cc1. The molecule has 0 aliphatic carbocycles. The average molecular weight is 369 g/mol. The lowest BCUT2D eigenvalue weighted by atomic mass is 10.1. The van der Waals surface area contributed by atoms with Gasteiger partial charge in [0, 0.05) is 29.4 Å². The molecule has 21 heavy (non-hydrogen) atoms. The summed E-state index contributed by atoms with van der Waals surface area (Å²) in [6.45, 7) is 1.32. The molecule has 2 heterocycles. The summed E-state index contributed by atoms with van der Waals surface area (Å²) in [7, 11) is 0. The molecule has 110 valence electrons. The maximum Gasteiger partial charge on any atom is 0.228 e. The van der Waals surface area contributed by atoms with E-state index in [1.807, 2.05) is 35.0 Å². The van der Waals surface area contributed by atoms with E-state index in [2.05, 4.69) is 21.0 Å². The highest BCUT2D eigenvalue weighted by Crippen LogP contribution is 2.26. The first-order chi connectivity index (χ1) is 10.2. The minimum Gasteiger partial charge on any atom is -0.297 e. The lowest BCUT2D eigenvalue weighted by molar-refractivity contribution is -0.117. The fourth-order valence-corrected chi connectivity index (χ4v) is 3.02. The van der Waals surface area contributed by atoms with Gasteiger partial charge in [-0.25, -0.2) is 4.68 Å². The van der Waals surface area contributed by atoms with Crippen LogP contribution in [0.5, 0.6) is 0 Å². The Morgan fingerprint density at radius 2 is 2.05 bits per heavy atom. The monoisotopic (exact) mass is 367 g/mol. The molecule has 1 aliphatic rings. The van der Waals surface area contributed by atoms with Crippen molar-refractivity contribution in [2.75, 3.05) is 17.3 Å². The fraction of sp³-hybridized carbons (Fsp3) is 0.333. The summed E-state index contributed by atoms with van der Waals surface area (Å²) >= 11 is 9.30. The van der Waals surface area contributed by atoms with Crippen molar-refractivity contribution >= 4 is 39.3 Å². The highest BCUT2D eigenvalue weighted by molar-refractivity contribution is 9.10. The van der Waals surface area contributed by atoms with E-state index in [1.165, 1.54) is 0 Å². The van der Waals surface area contributed by atoms with Crippen LogP contribution in [-0.4, -0.2) is 28.1 Å². The first kappa shape index (κ1) is 14.6. The van der Waals surface area contributed by atoms with Gasteiger partial charge >= 0.3 is 0 Å². The molecule has 4 nitrogen and oxygen atoms in total. The molecule has 1 saturated heterocycles. The van der Waals surface area contributed by atoms with Gasteiger partial charge in [0.25, 0.3) is 0 Å². The number of anilines is 1. The normalized spacial score (nSPS) is 18.5. The third kappa shape index (κ3) is 3.14. The van der Waals surface area contributed by atoms with Crippen molar-refractivity contribution < 1.29 is 4.79 Å². The summed E-state index contributed by atoms with van der Waals surface area (Å²) < 4.78 is 2.91. The Morgan fingerprint density at radius 3 is 2.71 bits per heavy atom. The van der Waals surface area contributed by atoms with E-state index >= 15 is 0 Å². The topological polar surface area (TPSA) is 38.1 Å². The molecule has 6 heteroatoms. The van der Waals surface area contributed by atoms with Crippen LogP contribution >= 0.6 is 27.5 Å². The molecule has 0 N–H and O–H groups in total. The number of alkyl halides is 1. The number of aromatic nitrogens is 2. The molecule has 1 atom stereocenters. The number of carbonyl (C=O) groups excluding carboxylic acids is 1. The molecule has 1 aromatic carbocycles. The maximum atomic E-state index is 12.1. The van der Waals surface area contributed by atoms with Crippen molar-refractivity contribution in [3.05, 3.63) is 46.6 Å². The van der Waals surface area contributed by atoms with Crippen LogP contribution in [0, 0.1) is 5.92 Å². The van der Waals surface area contributed by atoms with Crippen LogP contribution in [0.1, 0.15) is 12.0 Å². The van der Waals surface area contributed by atoms with Crippen molar-refractivity contribution in [2.45, 2.75) is 13.0 Å². The molecular formula is C15H15BrClN3O. The zero-order valence-corrected chi connectivity index (χ0v) is 13.7. The number of carbonyl (C=O) groups is 1. The minimum atomic E-state index is 0.123. The standard InChI is InChI=1S/C15H15BrClN3O/c16-13-3-1-11(2-4-13)10-20-14(5-6-18-20)19-9-12(8-17)7-15(19)21/h1-6,12H,7-10H2. The third-order valence-electron chi connectivity index (χ3n) is 3.64. The highest BCUT2D eigenvalue weighted by atomic mass is 79.9. The second-order valence-corrected chi connectivity index (χ2v) is 6.43.